The largest absolute Gasteiger partial charge is 0.393 e. The summed E-state index contributed by atoms with van der Waals surface area (Å²) in [7, 11) is 0. The van der Waals surface area contributed by atoms with Crippen molar-refractivity contribution < 1.29 is 15.0 Å². The molecule has 4 saturated carbocycles. The number of fused-ring (bicyclic) bond motifs is 5. The van der Waals surface area contributed by atoms with Crippen molar-refractivity contribution in [3.63, 3.8) is 0 Å². The molecule has 4 aliphatic rings. The van der Waals surface area contributed by atoms with Crippen molar-refractivity contribution in [2.24, 2.45) is 34.5 Å². The van der Waals surface area contributed by atoms with Crippen LogP contribution in [0.2, 0.25) is 0 Å². The smallest absolute Gasteiger partial charge is 0.137 e. The summed E-state index contributed by atoms with van der Waals surface area (Å²) in [5.74, 6) is 2.15. The van der Waals surface area contributed by atoms with Gasteiger partial charge in [0.25, 0.3) is 0 Å². The predicted molar refractivity (Wildman–Crippen MR) is 84.1 cm³/mol. The van der Waals surface area contributed by atoms with E-state index in [-0.39, 0.29) is 29.0 Å². The standard InChI is InChI=1S/C19H30O3/c1-18-9-13(21)8-15(18)14-4-3-11-7-12(20)5-6-19(11,2)17(14)16(22)10-18/h11-15,17,20-21H,3-10H2,1-2H3/t11-,12?,13+,14?,15?,17?,18?,19?/m0/s1. The van der Waals surface area contributed by atoms with Crippen LogP contribution in [0.25, 0.3) is 0 Å². The lowest BCUT2D eigenvalue weighted by atomic mass is 9.45. The summed E-state index contributed by atoms with van der Waals surface area (Å²) in [6.45, 7) is 4.56. The fraction of sp³-hybridized carbons (Fsp3) is 0.947. The maximum atomic E-state index is 13.1. The first-order valence-corrected chi connectivity index (χ1v) is 9.22. The third kappa shape index (κ3) is 1.97. The van der Waals surface area contributed by atoms with Gasteiger partial charge in [0.1, 0.15) is 5.78 Å². The predicted octanol–water partition coefficient (Wildman–Crippen LogP) is 2.93. The second-order valence-corrected chi connectivity index (χ2v) is 9.35. The Morgan fingerprint density at radius 2 is 1.82 bits per heavy atom. The highest BCUT2D eigenvalue weighted by Gasteiger charge is 2.62. The van der Waals surface area contributed by atoms with Gasteiger partial charge in [-0.05, 0) is 73.5 Å². The number of hydrogen-bond acceptors (Lipinski definition) is 3. The maximum Gasteiger partial charge on any atom is 0.137 e. The van der Waals surface area contributed by atoms with Crippen LogP contribution >= 0.6 is 0 Å². The second kappa shape index (κ2) is 4.80. The number of hydrogen-bond donors (Lipinski definition) is 2. The molecule has 0 bridgehead atoms. The number of rotatable bonds is 0. The molecule has 4 rings (SSSR count). The molecule has 0 spiro atoms. The van der Waals surface area contributed by atoms with Crippen LogP contribution in [-0.2, 0) is 4.79 Å². The van der Waals surface area contributed by atoms with E-state index in [0.717, 1.165) is 44.9 Å². The molecule has 0 aromatic carbocycles. The van der Waals surface area contributed by atoms with Crippen molar-refractivity contribution in [1.29, 1.82) is 0 Å². The van der Waals surface area contributed by atoms with E-state index in [4.69, 9.17) is 0 Å². The van der Waals surface area contributed by atoms with E-state index >= 15 is 0 Å². The van der Waals surface area contributed by atoms with Crippen LogP contribution in [0.3, 0.4) is 0 Å². The minimum atomic E-state index is -0.208. The number of ketones is 1. The Hall–Kier alpha value is -0.410. The molecule has 22 heavy (non-hydrogen) atoms. The molecule has 0 aromatic heterocycles. The van der Waals surface area contributed by atoms with Crippen LogP contribution in [0, 0.1) is 34.5 Å². The fourth-order valence-corrected chi connectivity index (χ4v) is 7.10. The van der Waals surface area contributed by atoms with Gasteiger partial charge in [0.05, 0.1) is 12.2 Å². The van der Waals surface area contributed by atoms with Crippen LogP contribution in [0.4, 0.5) is 0 Å². The van der Waals surface area contributed by atoms with Gasteiger partial charge in [-0.2, -0.15) is 0 Å². The van der Waals surface area contributed by atoms with Gasteiger partial charge in [-0.15, -0.1) is 0 Å². The summed E-state index contributed by atoms with van der Waals surface area (Å²) in [5, 5.41) is 20.2. The number of aliphatic hydroxyl groups excluding tert-OH is 2. The molecule has 4 fully saturated rings. The zero-order chi connectivity index (χ0) is 15.7. The third-order valence-corrected chi connectivity index (χ3v) is 8.06. The van der Waals surface area contributed by atoms with Gasteiger partial charge in [0, 0.05) is 12.3 Å². The Labute approximate surface area is 133 Å². The zero-order valence-corrected chi connectivity index (χ0v) is 13.9. The first-order chi connectivity index (χ1) is 10.3. The van der Waals surface area contributed by atoms with E-state index in [9.17, 15) is 15.0 Å². The molecule has 2 N–H and O–H groups in total. The number of aliphatic hydroxyl groups is 2. The van der Waals surface area contributed by atoms with Gasteiger partial charge in [-0.3, -0.25) is 4.79 Å². The van der Waals surface area contributed by atoms with Crippen molar-refractivity contribution >= 4 is 5.78 Å². The molecule has 0 aromatic rings. The van der Waals surface area contributed by atoms with Crippen molar-refractivity contribution in [2.45, 2.75) is 77.4 Å². The van der Waals surface area contributed by atoms with Crippen LogP contribution < -0.4 is 0 Å². The molecule has 124 valence electrons. The highest BCUT2D eigenvalue weighted by Crippen LogP contribution is 2.65. The molecular formula is C19H30O3. The van der Waals surface area contributed by atoms with Crippen molar-refractivity contribution in [1.82, 2.24) is 0 Å². The van der Waals surface area contributed by atoms with E-state index in [1.165, 1.54) is 0 Å². The first kappa shape index (κ1) is 15.1. The number of carbonyl (C=O) groups is 1. The van der Waals surface area contributed by atoms with Crippen LogP contribution in [0.1, 0.15) is 65.2 Å². The van der Waals surface area contributed by atoms with E-state index in [1.807, 2.05) is 0 Å². The van der Waals surface area contributed by atoms with E-state index in [0.29, 0.717) is 30.0 Å². The molecular weight excluding hydrogens is 276 g/mol. The van der Waals surface area contributed by atoms with Gasteiger partial charge in [0.15, 0.2) is 0 Å². The highest BCUT2D eigenvalue weighted by molar-refractivity contribution is 5.84. The van der Waals surface area contributed by atoms with Crippen LogP contribution in [0.15, 0.2) is 0 Å². The average molecular weight is 306 g/mol. The molecule has 3 nitrogen and oxygen atoms in total. The highest BCUT2D eigenvalue weighted by atomic mass is 16.3. The fourth-order valence-electron chi connectivity index (χ4n) is 7.10. The molecule has 0 aliphatic heterocycles. The molecule has 0 saturated heterocycles. The average Bonchev–Trinajstić information content (AvgIpc) is 2.73. The number of carbonyl (C=O) groups excluding carboxylic acids is 1. The summed E-state index contributed by atoms with van der Waals surface area (Å²) in [6.07, 6.45) is 7.03. The Morgan fingerprint density at radius 3 is 2.59 bits per heavy atom. The van der Waals surface area contributed by atoms with Gasteiger partial charge < -0.3 is 10.2 Å². The zero-order valence-electron chi connectivity index (χ0n) is 13.9. The molecule has 8 atom stereocenters. The first-order valence-electron chi connectivity index (χ1n) is 9.22. The molecule has 6 unspecified atom stereocenters. The monoisotopic (exact) mass is 306 g/mol. The topological polar surface area (TPSA) is 57.5 Å². The second-order valence-electron chi connectivity index (χ2n) is 9.35. The SMILES string of the molecule is CC12CC(=O)C3C(CC[C@H]4CC(O)CCC34C)C1C[C@@H](O)C2. The minimum Gasteiger partial charge on any atom is -0.393 e. The van der Waals surface area contributed by atoms with Crippen LogP contribution in [0.5, 0.6) is 0 Å². The van der Waals surface area contributed by atoms with E-state index < -0.39 is 0 Å². The Morgan fingerprint density at radius 1 is 1.05 bits per heavy atom. The lowest BCUT2D eigenvalue weighted by Crippen LogP contribution is -2.56. The summed E-state index contributed by atoms with van der Waals surface area (Å²) in [4.78, 5) is 13.1. The summed E-state index contributed by atoms with van der Waals surface area (Å²) in [6, 6.07) is 0. The third-order valence-electron chi connectivity index (χ3n) is 8.06. The van der Waals surface area contributed by atoms with Crippen LogP contribution in [-0.4, -0.2) is 28.2 Å². The molecule has 3 heteroatoms. The van der Waals surface area contributed by atoms with E-state index in [1.54, 1.807) is 0 Å². The maximum absolute atomic E-state index is 13.1. The summed E-state index contributed by atoms with van der Waals surface area (Å²) in [5.41, 5.74) is 0.128. The van der Waals surface area contributed by atoms with Crippen molar-refractivity contribution in [3.05, 3.63) is 0 Å². The Bertz CT molecular complexity index is 489. The van der Waals surface area contributed by atoms with Crippen molar-refractivity contribution in [2.75, 3.05) is 0 Å². The van der Waals surface area contributed by atoms with Gasteiger partial charge in [0.2, 0.25) is 0 Å². The quantitative estimate of drug-likeness (QED) is 0.723. The Kier molecular flexibility index (Phi) is 3.30. The molecule has 0 heterocycles. The normalized spacial score (nSPS) is 57.9. The van der Waals surface area contributed by atoms with Gasteiger partial charge in [-0.25, -0.2) is 0 Å². The number of Topliss-reactive ketones (excluding diaryl/α,β-unsaturated/α-hetero) is 1. The van der Waals surface area contributed by atoms with Gasteiger partial charge in [-0.1, -0.05) is 13.8 Å². The van der Waals surface area contributed by atoms with E-state index in [2.05, 4.69) is 13.8 Å². The van der Waals surface area contributed by atoms with Gasteiger partial charge >= 0.3 is 0 Å². The lowest BCUT2D eigenvalue weighted by Gasteiger charge is -2.59. The van der Waals surface area contributed by atoms with Crippen molar-refractivity contribution in [3.8, 4) is 0 Å². The Balaban J connectivity index is 1.68. The lowest BCUT2D eigenvalue weighted by molar-refractivity contribution is -0.159. The molecule has 0 amide bonds. The minimum absolute atomic E-state index is 0.0368. The summed E-state index contributed by atoms with van der Waals surface area (Å²) < 4.78 is 0. The molecule has 4 aliphatic carbocycles. The molecule has 0 radical (unpaired) electrons. The summed E-state index contributed by atoms with van der Waals surface area (Å²) >= 11 is 0.